The third-order valence-corrected chi connectivity index (χ3v) is 6.66. The van der Waals surface area contributed by atoms with Crippen molar-refractivity contribution in [3.05, 3.63) is 47.4 Å². The van der Waals surface area contributed by atoms with Crippen LogP contribution in [0.15, 0.2) is 35.2 Å². The molecule has 176 valence electrons. The second-order valence-corrected chi connectivity index (χ2v) is 10.5. The lowest BCUT2D eigenvalue weighted by molar-refractivity contribution is -0.138. The largest absolute Gasteiger partial charge is 0.418 e. The molecular weight excluding hydrogens is 450 g/mol. The lowest BCUT2D eigenvalue weighted by Gasteiger charge is -2.47. The summed E-state index contributed by atoms with van der Waals surface area (Å²) >= 11 is 0. The summed E-state index contributed by atoms with van der Waals surface area (Å²) in [5, 5.41) is 10.8. The Morgan fingerprint density at radius 1 is 1.12 bits per heavy atom. The number of aryl methyl sites for hydroxylation is 1. The molecule has 1 aromatic carbocycles. The molecule has 1 fully saturated rings. The van der Waals surface area contributed by atoms with E-state index in [1.807, 2.05) is 4.90 Å². The molecule has 0 amide bonds. The zero-order valence-corrected chi connectivity index (χ0v) is 18.9. The molecule has 2 heterocycles. The van der Waals surface area contributed by atoms with E-state index >= 15 is 0 Å². The van der Waals surface area contributed by atoms with Crippen molar-refractivity contribution >= 4 is 21.3 Å². The first-order valence-electron chi connectivity index (χ1n) is 9.87. The number of pyridine rings is 1. The molecule has 0 radical (unpaired) electrons. The van der Waals surface area contributed by atoms with Gasteiger partial charge in [-0.1, -0.05) is 0 Å². The molecule has 32 heavy (non-hydrogen) atoms. The number of alkyl halides is 3. The van der Waals surface area contributed by atoms with Crippen molar-refractivity contribution in [2.45, 2.75) is 43.5 Å². The fourth-order valence-electron chi connectivity index (χ4n) is 3.88. The van der Waals surface area contributed by atoms with E-state index in [4.69, 9.17) is 0 Å². The van der Waals surface area contributed by atoms with Gasteiger partial charge in [0.1, 0.15) is 16.5 Å². The van der Waals surface area contributed by atoms with Crippen molar-refractivity contribution in [3.63, 3.8) is 0 Å². The van der Waals surface area contributed by atoms with Gasteiger partial charge in [-0.15, -0.1) is 0 Å². The summed E-state index contributed by atoms with van der Waals surface area (Å²) in [6.07, 6.45) is -3.59. The average Bonchev–Trinajstić information content (AvgIpc) is 2.65. The number of piperazine rings is 1. The number of anilines is 2. The van der Waals surface area contributed by atoms with Crippen LogP contribution in [0.3, 0.4) is 0 Å². The maximum atomic E-state index is 14.0. The topological polar surface area (TPSA) is 73.7 Å². The molecule has 3 rings (SSSR count). The van der Waals surface area contributed by atoms with Gasteiger partial charge in [0.05, 0.1) is 22.9 Å². The zero-order valence-electron chi connectivity index (χ0n) is 18.1. The first-order chi connectivity index (χ1) is 14.6. The molecule has 1 atom stereocenters. The predicted octanol–water partition coefficient (Wildman–Crippen LogP) is 3.42. The Labute approximate surface area is 184 Å². The first kappa shape index (κ1) is 24.2. The maximum Gasteiger partial charge on any atom is 0.418 e. The molecule has 1 saturated heterocycles. The Balaban J connectivity index is 1.95. The third kappa shape index (κ3) is 4.98. The summed E-state index contributed by atoms with van der Waals surface area (Å²) in [7, 11) is -3.77. The van der Waals surface area contributed by atoms with Crippen LogP contribution in [-0.4, -0.2) is 56.0 Å². The van der Waals surface area contributed by atoms with Crippen LogP contribution in [0, 0.1) is 12.7 Å². The highest BCUT2D eigenvalue weighted by molar-refractivity contribution is 7.90. The second kappa shape index (κ2) is 8.18. The van der Waals surface area contributed by atoms with Crippen LogP contribution in [0.5, 0.6) is 0 Å². The molecule has 0 spiro atoms. The fourth-order valence-corrected chi connectivity index (χ4v) is 4.63. The van der Waals surface area contributed by atoms with Gasteiger partial charge in [0.25, 0.3) is 0 Å². The molecule has 1 aliphatic rings. The van der Waals surface area contributed by atoms with Crippen molar-refractivity contribution in [1.29, 1.82) is 0 Å². The van der Waals surface area contributed by atoms with Crippen LogP contribution >= 0.6 is 0 Å². The summed E-state index contributed by atoms with van der Waals surface area (Å²) in [5.74, 6) is -0.545. The molecule has 0 unspecified atom stereocenters. The van der Waals surface area contributed by atoms with Gasteiger partial charge in [-0.25, -0.2) is 17.8 Å². The zero-order chi connectivity index (χ0) is 24.1. The molecule has 6 nitrogen and oxygen atoms in total. The number of halogens is 4. The molecular formula is C21H25F4N3O3S. The number of aromatic nitrogens is 1. The van der Waals surface area contributed by atoms with E-state index in [1.165, 1.54) is 25.1 Å². The van der Waals surface area contributed by atoms with E-state index < -0.39 is 43.9 Å². The van der Waals surface area contributed by atoms with Gasteiger partial charge in [0.2, 0.25) is 0 Å². The van der Waals surface area contributed by atoms with Crippen LogP contribution in [0.25, 0.3) is 0 Å². The van der Waals surface area contributed by atoms with Crippen molar-refractivity contribution in [3.8, 4) is 0 Å². The maximum absolute atomic E-state index is 14.0. The Morgan fingerprint density at radius 3 is 2.31 bits per heavy atom. The average molecular weight is 476 g/mol. The highest BCUT2D eigenvalue weighted by atomic mass is 32.2. The van der Waals surface area contributed by atoms with Gasteiger partial charge in [0, 0.05) is 31.6 Å². The van der Waals surface area contributed by atoms with Crippen LogP contribution in [0.1, 0.15) is 25.1 Å². The first-order valence-corrected chi connectivity index (χ1v) is 11.8. The molecule has 1 N–H and O–H groups in total. The van der Waals surface area contributed by atoms with E-state index in [9.17, 15) is 31.1 Å². The van der Waals surface area contributed by atoms with Gasteiger partial charge < -0.3 is 14.9 Å². The van der Waals surface area contributed by atoms with Crippen molar-refractivity contribution in [2.24, 2.45) is 0 Å². The number of benzene rings is 1. The predicted molar refractivity (Wildman–Crippen MR) is 113 cm³/mol. The highest BCUT2D eigenvalue weighted by Gasteiger charge is 2.39. The van der Waals surface area contributed by atoms with Crippen LogP contribution in [-0.2, 0) is 16.0 Å². The number of sulfone groups is 1. The molecule has 0 aliphatic carbocycles. The highest BCUT2D eigenvalue weighted by Crippen LogP contribution is 2.34. The quantitative estimate of drug-likeness (QED) is 0.684. The van der Waals surface area contributed by atoms with Gasteiger partial charge >= 0.3 is 6.18 Å². The fraction of sp³-hybridized carbons (Fsp3) is 0.476. The molecule has 0 saturated carbocycles. The van der Waals surface area contributed by atoms with E-state index in [0.717, 1.165) is 18.4 Å². The third-order valence-electron chi connectivity index (χ3n) is 5.55. The van der Waals surface area contributed by atoms with Crippen molar-refractivity contribution in [2.75, 3.05) is 35.7 Å². The van der Waals surface area contributed by atoms with E-state index in [1.54, 1.807) is 18.7 Å². The number of aliphatic hydroxyl groups is 1. The van der Waals surface area contributed by atoms with Crippen molar-refractivity contribution in [1.82, 2.24) is 4.98 Å². The van der Waals surface area contributed by atoms with Crippen LogP contribution in [0.4, 0.5) is 29.1 Å². The lowest BCUT2D eigenvalue weighted by atomic mass is 9.94. The minimum atomic E-state index is -4.51. The Kier molecular flexibility index (Phi) is 6.20. The van der Waals surface area contributed by atoms with Crippen LogP contribution < -0.4 is 9.80 Å². The standard InChI is InChI=1S/C21H25F4N3O3S/c1-13-15(21(23,24)25)6-8-19(26-13)28-10-9-27(12-18(28)20(2,3)29)14-5-7-16(22)17(11-14)32(4,30)31/h5-8,11,18,29H,9-10,12H2,1-4H3/t18-/m1/s1. The van der Waals surface area contributed by atoms with Gasteiger partial charge in [-0.2, -0.15) is 13.2 Å². The van der Waals surface area contributed by atoms with E-state index in [2.05, 4.69) is 4.98 Å². The number of rotatable bonds is 4. The number of nitrogens with zero attached hydrogens (tertiary/aromatic N) is 3. The van der Waals surface area contributed by atoms with E-state index in [0.29, 0.717) is 24.6 Å². The van der Waals surface area contributed by atoms with E-state index in [-0.39, 0.29) is 12.2 Å². The number of hydrogen-bond donors (Lipinski definition) is 1. The molecule has 0 bridgehead atoms. The summed E-state index contributed by atoms with van der Waals surface area (Å²) in [5.41, 5.74) is -1.78. The summed E-state index contributed by atoms with van der Waals surface area (Å²) < 4.78 is 77.1. The summed E-state index contributed by atoms with van der Waals surface area (Å²) in [6, 6.07) is 5.47. The molecule has 11 heteroatoms. The molecule has 1 aromatic heterocycles. The minimum Gasteiger partial charge on any atom is -0.388 e. The second-order valence-electron chi connectivity index (χ2n) is 8.50. The Bertz CT molecular complexity index is 1110. The van der Waals surface area contributed by atoms with Crippen molar-refractivity contribution < 1.29 is 31.1 Å². The smallest absolute Gasteiger partial charge is 0.388 e. The Morgan fingerprint density at radius 2 is 1.78 bits per heavy atom. The van der Waals surface area contributed by atoms with Gasteiger partial charge in [-0.05, 0) is 51.1 Å². The molecule has 1 aliphatic heterocycles. The lowest BCUT2D eigenvalue weighted by Crippen LogP contribution is -2.61. The van der Waals surface area contributed by atoms with Gasteiger partial charge in [0.15, 0.2) is 9.84 Å². The monoisotopic (exact) mass is 475 g/mol. The number of hydrogen-bond acceptors (Lipinski definition) is 6. The SMILES string of the molecule is Cc1nc(N2CCN(c3ccc(F)c(S(C)(=O)=O)c3)C[C@@H]2C(C)(C)O)ccc1C(F)(F)F. The normalized spacial score (nSPS) is 18.2. The van der Waals surface area contributed by atoms with Gasteiger partial charge in [-0.3, -0.25) is 0 Å². The van der Waals surface area contributed by atoms with Crippen LogP contribution in [0.2, 0.25) is 0 Å². The Hall–Kier alpha value is -2.40. The summed E-state index contributed by atoms with van der Waals surface area (Å²) in [4.78, 5) is 7.26. The minimum absolute atomic E-state index is 0.164. The summed E-state index contributed by atoms with van der Waals surface area (Å²) in [6.45, 7) is 5.34. The molecule has 2 aromatic rings.